The fourth-order valence-electron chi connectivity index (χ4n) is 3.39. The molecule has 0 saturated heterocycles. The maximum absolute atomic E-state index is 6.59. The van der Waals surface area contributed by atoms with E-state index in [9.17, 15) is 0 Å². The molecule has 0 spiro atoms. The van der Waals surface area contributed by atoms with E-state index in [0.717, 1.165) is 30.5 Å². The van der Waals surface area contributed by atoms with Crippen molar-refractivity contribution in [3.8, 4) is 11.5 Å². The fourth-order valence-corrected chi connectivity index (χ4v) is 3.68. The predicted molar refractivity (Wildman–Crippen MR) is 129 cm³/mol. The van der Waals surface area contributed by atoms with Gasteiger partial charge in [-0.15, -0.1) is 0 Å². The third-order valence-electron chi connectivity index (χ3n) is 5.24. The number of ether oxygens (including phenoxy) is 2. The average molecular weight is 438 g/mol. The minimum atomic E-state index is 0.395. The van der Waals surface area contributed by atoms with Gasteiger partial charge in [0, 0.05) is 12.6 Å². The van der Waals surface area contributed by atoms with Crippen LogP contribution in [0.3, 0.4) is 0 Å². The molecule has 0 amide bonds. The van der Waals surface area contributed by atoms with Gasteiger partial charge in [-0.3, -0.25) is 0 Å². The molecule has 31 heavy (non-hydrogen) atoms. The predicted octanol–water partition coefficient (Wildman–Crippen LogP) is 6.74. The Morgan fingerprint density at radius 1 is 0.903 bits per heavy atom. The van der Waals surface area contributed by atoms with Crippen molar-refractivity contribution in [2.75, 3.05) is 6.61 Å². The zero-order chi connectivity index (χ0) is 22.1. The van der Waals surface area contributed by atoms with Gasteiger partial charge >= 0.3 is 0 Å². The molecule has 0 aliphatic rings. The molecule has 0 aromatic heterocycles. The summed E-state index contributed by atoms with van der Waals surface area (Å²) in [5.41, 5.74) is 4.78. The minimum absolute atomic E-state index is 0.395. The quantitative estimate of drug-likeness (QED) is 0.360. The molecule has 0 bridgehead atoms. The van der Waals surface area contributed by atoms with E-state index in [1.54, 1.807) is 0 Å². The lowest BCUT2D eigenvalue weighted by Crippen LogP contribution is -2.26. The van der Waals surface area contributed by atoms with Crippen LogP contribution in [0.25, 0.3) is 0 Å². The molecule has 3 aromatic rings. The average Bonchev–Trinajstić information content (AvgIpc) is 2.78. The molecule has 1 atom stereocenters. The van der Waals surface area contributed by atoms with Gasteiger partial charge in [-0.25, -0.2) is 0 Å². The van der Waals surface area contributed by atoms with Gasteiger partial charge in [0.2, 0.25) is 0 Å². The molecule has 164 valence electrons. The van der Waals surface area contributed by atoms with Crippen LogP contribution >= 0.6 is 11.6 Å². The van der Waals surface area contributed by atoms with Gasteiger partial charge in [0.25, 0.3) is 0 Å². The van der Waals surface area contributed by atoms with E-state index >= 15 is 0 Å². The largest absolute Gasteiger partial charge is 0.490 e. The smallest absolute Gasteiger partial charge is 0.180 e. The first kappa shape index (κ1) is 23.2. The van der Waals surface area contributed by atoms with Crippen molar-refractivity contribution in [3.05, 3.63) is 94.0 Å². The topological polar surface area (TPSA) is 30.5 Å². The van der Waals surface area contributed by atoms with Gasteiger partial charge in [0.1, 0.15) is 6.61 Å². The van der Waals surface area contributed by atoms with Crippen LogP contribution in [0.1, 0.15) is 42.5 Å². The van der Waals surface area contributed by atoms with Crippen molar-refractivity contribution in [2.24, 2.45) is 0 Å². The first-order valence-corrected chi connectivity index (χ1v) is 11.3. The van der Waals surface area contributed by atoms with E-state index in [1.807, 2.05) is 19.1 Å². The Hall–Kier alpha value is -2.49. The first-order valence-electron chi connectivity index (χ1n) is 11.0. The van der Waals surface area contributed by atoms with Gasteiger partial charge in [-0.2, -0.15) is 0 Å². The fraction of sp³-hybridized carbons (Fsp3) is 0.333. The van der Waals surface area contributed by atoms with Gasteiger partial charge in [0.15, 0.2) is 11.5 Å². The summed E-state index contributed by atoms with van der Waals surface area (Å²) in [5, 5.41) is 4.17. The van der Waals surface area contributed by atoms with E-state index in [0.29, 0.717) is 35.8 Å². The van der Waals surface area contributed by atoms with Crippen molar-refractivity contribution in [1.29, 1.82) is 0 Å². The zero-order valence-corrected chi connectivity index (χ0v) is 19.4. The van der Waals surface area contributed by atoms with Crippen molar-refractivity contribution < 1.29 is 9.47 Å². The molecule has 3 nitrogen and oxygen atoms in total. The monoisotopic (exact) mass is 437 g/mol. The maximum atomic E-state index is 6.59. The third kappa shape index (κ3) is 7.30. The summed E-state index contributed by atoms with van der Waals surface area (Å²) in [5.74, 6) is 1.29. The molecule has 0 saturated carbocycles. The van der Waals surface area contributed by atoms with E-state index < -0.39 is 0 Å². The standard InChI is InChI=1S/C27H32ClNO2/c1-4-30-26-17-24(18-29-21(3)12-15-22-8-6-5-7-9-22)16-25(28)27(26)31-19-23-13-10-20(2)11-14-23/h5-11,13-14,16-17,21,29H,4,12,15,18-19H2,1-3H3/t21-/m1/s1. The van der Waals surface area contributed by atoms with E-state index in [-0.39, 0.29) is 0 Å². The van der Waals surface area contributed by atoms with Crippen molar-refractivity contribution >= 4 is 11.6 Å². The lowest BCUT2D eigenvalue weighted by Gasteiger charge is -2.17. The van der Waals surface area contributed by atoms with Crippen LogP contribution in [0.15, 0.2) is 66.7 Å². The molecule has 0 heterocycles. The molecule has 1 N–H and O–H groups in total. The highest BCUT2D eigenvalue weighted by molar-refractivity contribution is 6.32. The van der Waals surface area contributed by atoms with Gasteiger partial charge in [0.05, 0.1) is 11.6 Å². The Bertz CT molecular complexity index is 941. The molecule has 4 heteroatoms. The molecular formula is C27H32ClNO2. The second-order valence-electron chi connectivity index (χ2n) is 7.92. The van der Waals surface area contributed by atoms with Crippen LogP contribution in [-0.4, -0.2) is 12.6 Å². The van der Waals surface area contributed by atoms with Crippen molar-refractivity contribution in [3.63, 3.8) is 0 Å². The molecule has 0 radical (unpaired) electrons. The summed E-state index contributed by atoms with van der Waals surface area (Å²) in [6, 6.07) is 23.3. The molecule has 0 unspecified atom stereocenters. The highest BCUT2D eigenvalue weighted by atomic mass is 35.5. The van der Waals surface area contributed by atoms with Gasteiger partial charge in [-0.05, 0) is 62.4 Å². The summed E-state index contributed by atoms with van der Waals surface area (Å²) in [6.45, 7) is 8.00. The summed E-state index contributed by atoms with van der Waals surface area (Å²) in [6.07, 6.45) is 2.14. The Kier molecular flexibility index (Phi) is 8.81. The van der Waals surface area contributed by atoms with Gasteiger partial charge in [-0.1, -0.05) is 71.8 Å². The van der Waals surface area contributed by atoms with Gasteiger partial charge < -0.3 is 14.8 Å². The highest BCUT2D eigenvalue weighted by Gasteiger charge is 2.14. The number of benzene rings is 3. The Morgan fingerprint density at radius 2 is 1.65 bits per heavy atom. The second-order valence-corrected chi connectivity index (χ2v) is 8.33. The van der Waals surface area contributed by atoms with Crippen molar-refractivity contribution in [2.45, 2.75) is 52.8 Å². The van der Waals surface area contributed by atoms with Crippen LogP contribution in [0, 0.1) is 6.92 Å². The molecule has 0 aliphatic heterocycles. The number of nitrogens with one attached hydrogen (secondary N) is 1. The maximum Gasteiger partial charge on any atom is 0.180 e. The number of halogens is 1. The molecular weight excluding hydrogens is 406 g/mol. The number of aryl methyl sites for hydroxylation is 2. The molecule has 3 rings (SSSR count). The van der Waals surface area contributed by atoms with Crippen LogP contribution in [-0.2, 0) is 19.6 Å². The lowest BCUT2D eigenvalue weighted by molar-refractivity contribution is 0.269. The van der Waals surface area contributed by atoms with Crippen LogP contribution in [0.2, 0.25) is 5.02 Å². The van der Waals surface area contributed by atoms with Crippen LogP contribution < -0.4 is 14.8 Å². The summed E-state index contributed by atoms with van der Waals surface area (Å²) >= 11 is 6.59. The Labute approximate surface area is 191 Å². The van der Waals surface area contributed by atoms with E-state index in [4.69, 9.17) is 21.1 Å². The Balaban J connectivity index is 1.60. The lowest BCUT2D eigenvalue weighted by atomic mass is 10.1. The summed E-state index contributed by atoms with van der Waals surface area (Å²) in [4.78, 5) is 0. The SMILES string of the molecule is CCOc1cc(CN[C@H](C)CCc2ccccc2)cc(Cl)c1OCc1ccc(C)cc1. The number of rotatable bonds is 11. The molecule has 3 aromatic carbocycles. The normalized spacial score (nSPS) is 11.9. The summed E-state index contributed by atoms with van der Waals surface area (Å²) < 4.78 is 11.9. The number of hydrogen-bond acceptors (Lipinski definition) is 3. The highest BCUT2D eigenvalue weighted by Crippen LogP contribution is 2.37. The van der Waals surface area contributed by atoms with E-state index in [1.165, 1.54) is 11.1 Å². The van der Waals surface area contributed by atoms with Crippen LogP contribution in [0.5, 0.6) is 11.5 Å². The second kappa shape index (κ2) is 11.8. The van der Waals surface area contributed by atoms with E-state index in [2.05, 4.69) is 73.8 Å². The van der Waals surface area contributed by atoms with Crippen molar-refractivity contribution in [1.82, 2.24) is 5.32 Å². The zero-order valence-electron chi connectivity index (χ0n) is 18.7. The molecule has 0 aliphatic carbocycles. The minimum Gasteiger partial charge on any atom is -0.490 e. The summed E-state index contributed by atoms with van der Waals surface area (Å²) in [7, 11) is 0. The van der Waals surface area contributed by atoms with Crippen LogP contribution in [0.4, 0.5) is 0 Å². The Morgan fingerprint density at radius 3 is 2.35 bits per heavy atom. The third-order valence-corrected chi connectivity index (χ3v) is 5.52. The molecule has 0 fully saturated rings. The number of hydrogen-bond donors (Lipinski definition) is 1. The first-order chi connectivity index (χ1) is 15.0.